The molecule has 3 nitrogen and oxygen atoms in total. The van der Waals surface area contributed by atoms with Crippen LogP contribution in [0.15, 0.2) is 40.5 Å². The van der Waals surface area contributed by atoms with Crippen LogP contribution < -0.4 is 0 Å². The fourth-order valence-corrected chi connectivity index (χ4v) is 2.45. The number of aryl methyl sites for hydroxylation is 2. The normalized spacial score (nSPS) is 9.94. The van der Waals surface area contributed by atoms with Gasteiger partial charge in [-0.3, -0.25) is 0 Å². The summed E-state index contributed by atoms with van der Waals surface area (Å²) in [5, 5.41) is 10.5. The molecular weight excluding hydrogens is 230 g/mol. The topological polar surface area (TPSA) is 49.6 Å². The fourth-order valence-electron chi connectivity index (χ4n) is 1.50. The second-order valence-corrected chi connectivity index (χ2v) is 4.76. The van der Waals surface area contributed by atoms with Crippen LogP contribution in [0.3, 0.4) is 0 Å². The van der Waals surface area contributed by atoms with Crippen LogP contribution in [0.2, 0.25) is 0 Å². The van der Waals surface area contributed by atoms with Crippen molar-refractivity contribution < 1.29 is 0 Å². The monoisotopic (exact) mass is 241 g/mol. The number of aromatic nitrogens is 2. The van der Waals surface area contributed by atoms with E-state index in [1.54, 1.807) is 18.3 Å². The van der Waals surface area contributed by atoms with Crippen molar-refractivity contribution in [3.05, 3.63) is 47.3 Å². The van der Waals surface area contributed by atoms with Crippen LogP contribution in [0.25, 0.3) is 0 Å². The van der Waals surface area contributed by atoms with E-state index in [0.29, 0.717) is 5.56 Å². The molecule has 0 atom stereocenters. The molecule has 2 rings (SSSR count). The number of pyridine rings is 2. The highest BCUT2D eigenvalue weighted by molar-refractivity contribution is 7.99. The summed E-state index contributed by atoms with van der Waals surface area (Å²) in [5.74, 6) is 0. The molecule has 0 saturated heterocycles. The molecule has 0 N–H and O–H groups in total. The Morgan fingerprint density at radius 3 is 2.71 bits per heavy atom. The first-order chi connectivity index (χ1) is 8.17. The lowest BCUT2D eigenvalue weighted by Gasteiger charge is -2.03. The number of nitrogens with zero attached hydrogens (tertiary/aromatic N) is 3. The van der Waals surface area contributed by atoms with Gasteiger partial charge in [0.1, 0.15) is 10.1 Å². The van der Waals surface area contributed by atoms with E-state index >= 15 is 0 Å². The van der Waals surface area contributed by atoms with Crippen LogP contribution in [0.1, 0.15) is 16.8 Å². The van der Waals surface area contributed by atoms with E-state index in [4.69, 9.17) is 5.26 Å². The van der Waals surface area contributed by atoms with E-state index in [0.717, 1.165) is 15.7 Å². The summed E-state index contributed by atoms with van der Waals surface area (Å²) < 4.78 is 0. The minimum absolute atomic E-state index is 0.617. The molecule has 4 heteroatoms. The summed E-state index contributed by atoms with van der Waals surface area (Å²) in [4.78, 5) is 8.64. The minimum Gasteiger partial charge on any atom is -0.249 e. The van der Waals surface area contributed by atoms with Gasteiger partial charge in [-0.25, -0.2) is 9.97 Å². The zero-order valence-corrected chi connectivity index (χ0v) is 10.5. The van der Waals surface area contributed by atoms with Gasteiger partial charge in [-0.05, 0) is 43.7 Å². The lowest BCUT2D eigenvalue weighted by atomic mass is 10.3. The third-order valence-corrected chi connectivity index (χ3v) is 3.00. The van der Waals surface area contributed by atoms with Gasteiger partial charge in [0.05, 0.1) is 11.6 Å². The number of hydrogen-bond donors (Lipinski definition) is 0. The quantitative estimate of drug-likeness (QED) is 0.810. The van der Waals surface area contributed by atoms with Gasteiger partial charge in [-0.1, -0.05) is 11.8 Å². The van der Waals surface area contributed by atoms with Gasteiger partial charge in [-0.2, -0.15) is 5.26 Å². The van der Waals surface area contributed by atoms with Crippen LogP contribution >= 0.6 is 11.8 Å². The van der Waals surface area contributed by atoms with Crippen LogP contribution in [0.5, 0.6) is 0 Å². The second-order valence-electron chi connectivity index (χ2n) is 3.72. The van der Waals surface area contributed by atoms with Crippen molar-refractivity contribution in [3.63, 3.8) is 0 Å². The minimum atomic E-state index is 0.617. The van der Waals surface area contributed by atoms with Gasteiger partial charge in [0, 0.05) is 11.9 Å². The molecule has 0 fully saturated rings. The maximum absolute atomic E-state index is 8.81. The molecule has 0 amide bonds. The van der Waals surface area contributed by atoms with Crippen molar-refractivity contribution >= 4 is 11.8 Å². The van der Waals surface area contributed by atoms with E-state index < -0.39 is 0 Å². The predicted octanol–water partition coefficient (Wildman–Crippen LogP) is 3.12. The molecule has 0 unspecified atom stereocenters. The number of rotatable bonds is 2. The van der Waals surface area contributed by atoms with E-state index in [1.165, 1.54) is 17.3 Å². The summed E-state index contributed by atoms with van der Waals surface area (Å²) in [5.41, 5.74) is 2.78. The Bertz CT molecular complexity index is 567. The predicted molar refractivity (Wildman–Crippen MR) is 66.8 cm³/mol. The molecule has 0 bridgehead atoms. The maximum Gasteiger partial charge on any atom is 0.103 e. The number of hydrogen-bond acceptors (Lipinski definition) is 4. The van der Waals surface area contributed by atoms with E-state index in [1.807, 2.05) is 26.0 Å². The Morgan fingerprint density at radius 1 is 1.18 bits per heavy atom. The molecule has 2 heterocycles. The SMILES string of the molecule is Cc1cc(C)nc(Sc2cc(C#N)ccn2)c1. The molecule has 0 spiro atoms. The van der Waals surface area contributed by atoms with Crippen LogP contribution in [-0.2, 0) is 0 Å². The Hall–Kier alpha value is -1.86. The van der Waals surface area contributed by atoms with Crippen molar-refractivity contribution in [1.29, 1.82) is 5.26 Å². The maximum atomic E-state index is 8.81. The van der Waals surface area contributed by atoms with Gasteiger partial charge >= 0.3 is 0 Å². The molecule has 0 aliphatic rings. The van der Waals surface area contributed by atoms with Crippen molar-refractivity contribution in [3.8, 4) is 6.07 Å². The molecule has 84 valence electrons. The van der Waals surface area contributed by atoms with E-state index in [-0.39, 0.29) is 0 Å². The third-order valence-electron chi connectivity index (χ3n) is 2.15. The van der Waals surface area contributed by atoms with Crippen LogP contribution in [0, 0.1) is 25.2 Å². The molecule has 2 aromatic heterocycles. The summed E-state index contributed by atoms with van der Waals surface area (Å²) >= 11 is 1.47. The standard InChI is InChI=1S/C13H11N3S/c1-9-5-10(2)16-13(6-9)17-12-7-11(8-14)3-4-15-12/h3-7H,1-2H3. The van der Waals surface area contributed by atoms with Crippen LogP contribution in [-0.4, -0.2) is 9.97 Å². The van der Waals surface area contributed by atoms with Crippen molar-refractivity contribution in [2.75, 3.05) is 0 Å². The van der Waals surface area contributed by atoms with E-state index in [9.17, 15) is 0 Å². The van der Waals surface area contributed by atoms with E-state index in [2.05, 4.69) is 16.0 Å². The average Bonchev–Trinajstić information content (AvgIpc) is 2.28. The first kappa shape index (κ1) is 11.6. The number of nitriles is 1. The molecule has 2 aromatic rings. The van der Waals surface area contributed by atoms with Crippen molar-refractivity contribution in [2.24, 2.45) is 0 Å². The van der Waals surface area contributed by atoms with Crippen LogP contribution in [0.4, 0.5) is 0 Å². The summed E-state index contributed by atoms with van der Waals surface area (Å²) in [6.45, 7) is 4.01. The molecule has 0 saturated carbocycles. The van der Waals surface area contributed by atoms with Crippen molar-refractivity contribution in [2.45, 2.75) is 23.9 Å². The third kappa shape index (κ3) is 3.05. The molecule has 0 aromatic carbocycles. The second kappa shape index (κ2) is 4.98. The Labute approximate surface area is 105 Å². The Morgan fingerprint density at radius 2 is 2.00 bits per heavy atom. The lowest BCUT2D eigenvalue weighted by molar-refractivity contribution is 1.03. The van der Waals surface area contributed by atoms with Crippen molar-refractivity contribution in [1.82, 2.24) is 9.97 Å². The largest absolute Gasteiger partial charge is 0.249 e. The van der Waals surface area contributed by atoms with Gasteiger partial charge in [0.25, 0.3) is 0 Å². The first-order valence-corrected chi connectivity index (χ1v) is 5.98. The average molecular weight is 241 g/mol. The highest BCUT2D eigenvalue weighted by Crippen LogP contribution is 2.25. The summed E-state index contributed by atoms with van der Waals surface area (Å²) in [6.07, 6.45) is 1.64. The van der Waals surface area contributed by atoms with Gasteiger partial charge in [-0.15, -0.1) is 0 Å². The molecular formula is C13H11N3S. The smallest absolute Gasteiger partial charge is 0.103 e. The zero-order valence-electron chi connectivity index (χ0n) is 9.64. The highest BCUT2D eigenvalue weighted by Gasteiger charge is 2.03. The van der Waals surface area contributed by atoms with Gasteiger partial charge in [0.2, 0.25) is 0 Å². The molecule has 0 radical (unpaired) electrons. The summed E-state index contributed by atoms with van der Waals surface area (Å²) in [6, 6.07) is 9.61. The highest BCUT2D eigenvalue weighted by atomic mass is 32.2. The summed E-state index contributed by atoms with van der Waals surface area (Å²) in [7, 11) is 0. The fraction of sp³-hybridized carbons (Fsp3) is 0.154. The van der Waals surface area contributed by atoms with Gasteiger partial charge < -0.3 is 0 Å². The molecule has 0 aliphatic heterocycles. The van der Waals surface area contributed by atoms with Gasteiger partial charge in [0.15, 0.2) is 0 Å². The first-order valence-electron chi connectivity index (χ1n) is 5.16. The Kier molecular flexibility index (Phi) is 3.40. The lowest BCUT2D eigenvalue weighted by Crippen LogP contribution is -1.88. The zero-order chi connectivity index (χ0) is 12.3. The Balaban J connectivity index is 2.28. The molecule has 17 heavy (non-hydrogen) atoms. The molecule has 0 aliphatic carbocycles.